The smallest absolute Gasteiger partial charge is 0.341 e. The molecule has 1 aliphatic rings. The number of carbonyl (C=O) groups is 1. The molecule has 0 bridgehead atoms. The number of halogens is 3. The second kappa shape index (κ2) is 10.2. The molecule has 3 rings (SSSR count). The molecule has 0 radical (unpaired) electrons. The monoisotopic (exact) mass is 533 g/mol. The van der Waals surface area contributed by atoms with E-state index >= 15 is 0 Å². The Morgan fingerprint density at radius 1 is 1.00 bits per heavy atom. The first-order valence-corrected chi connectivity index (χ1v) is 13.6. The van der Waals surface area contributed by atoms with Gasteiger partial charge in [0.25, 0.3) is 0 Å². The summed E-state index contributed by atoms with van der Waals surface area (Å²) in [6.07, 6.45) is -4.61. The fraction of sp³-hybridized carbons (Fsp3) is 0.409. The highest BCUT2D eigenvalue weighted by Gasteiger charge is 2.39. The molecular weight excluding hydrogens is 507 g/mol. The van der Waals surface area contributed by atoms with Crippen molar-refractivity contribution in [3.63, 3.8) is 0 Å². The quantitative estimate of drug-likeness (QED) is 0.586. The molecular formula is C22H26F3N3O5S2. The van der Waals surface area contributed by atoms with E-state index < -0.39 is 47.4 Å². The Morgan fingerprint density at radius 3 is 2.14 bits per heavy atom. The summed E-state index contributed by atoms with van der Waals surface area (Å²) in [6.45, 7) is 0.677. The highest BCUT2D eigenvalue weighted by molar-refractivity contribution is 7.91. The van der Waals surface area contributed by atoms with Crippen LogP contribution in [0.3, 0.4) is 0 Å². The number of sulfonamides is 1. The van der Waals surface area contributed by atoms with Gasteiger partial charge in [0.2, 0.25) is 25.8 Å². The molecule has 2 aromatic rings. The molecule has 1 saturated heterocycles. The highest BCUT2D eigenvalue weighted by atomic mass is 32.2. The molecule has 0 atom stereocenters. The molecule has 0 unspecified atom stereocenters. The minimum atomic E-state index is -5.03. The normalized spacial score (nSPS) is 16.0. The molecule has 0 saturated carbocycles. The average Bonchev–Trinajstić information content (AvgIpc) is 2.78. The van der Waals surface area contributed by atoms with Crippen LogP contribution in [-0.4, -0.2) is 72.3 Å². The largest absolute Gasteiger partial charge is 0.417 e. The predicted octanol–water partition coefficient (Wildman–Crippen LogP) is 2.37. The van der Waals surface area contributed by atoms with E-state index in [1.54, 1.807) is 30.0 Å². The van der Waals surface area contributed by atoms with Crippen LogP contribution in [0, 0.1) is 0 Å². The van der Waals surface area contributed by atoms with E-state index in [1.807, 2.05) is 0 Å². The molecule has 1 N–H and O–H groups in total. The summed E-state index contributed by atoms with van der Waals surface area (Å²) in [5.74, 6) is -0.130. The number of sulfone groups is 1. The Morgan fingerprint density at radius 2 is 1.60 bits per heavy atom. The molecule has 1 aliphatic heterocycles. The zero-order valence-corrected chi connectivity index (χ0v) is 20.8. The summed E-state index contributed by atoms with van der Waals surface area (Å²) in [5, 5.41) is 0. The zero-order chi connectivity index (χ0) is 26.0. The first-order valence-electron chi connectivity index (χ1n) is 10.7. The maximum atomic E-state index is 13.7. The Kier molecular flexibility index (Phi) is 7.94. The van der Waals surface area contributed by atoms with Crippen molar-refractivity contribution in [2.24, 2.45) is 0 Å². The number of piperidine rings is 1. The molecule has 2 aromatic carbocycles. The van der Waals surface area contributed by atoms with Gasteiger partial charge in [-0.3, -0.25) is 4.79 Å². The third-order valence-electron chi connectivity index (χ3n) is 5.53. The number of carbonyl (C=O) groups excluding carboxylic acids is 1. The van der Waals surface area contributed by atoms with Crippen LogP contribution in [0.5, 0.6) is 0 Å². The molecule has 192 valence electrons. The zero-order valence-electron chi connectivity index (χ0n) is 19.1. The lowest BCUT2D eigenvalue weighted by Crippen LogP contribution is -2.48. The van der Waals surface area contributed by atoms with Gasteiger partial charge in [-0.15, -0.1) is 0 Å². The molecule has 1 amide bonds. The molecule has 1 heterocycles. The second-order valence-electron chi connectivity index (χ2n) is 8.49. The van der Waals surface area contributed by atoms with Crippen molar-refractivity contribution in [3.05, 3.63) is 54.1 Å². The summed E-state index contributed by atoms with van der Waals surface area (Å²) < 4.78 is 95.2. The predicted molar refractivity (Wildman–Crippen MR) is 122 cm³/mol. The number of likely N-dealkylation sites (tertiary alicyclic amines) is 1. The number of benzene rings is 2. The van der Waals surface area contributed by atoms with Gasteiger partial charge >= 0.3 is 6.18 Å². The summed E-state index contributed by atoms with van der Waals surface area (Å²) in [5.41, 5.74) is -1.46. The molecule has 13 heteroatoms. The first kappa shape index (κ1) is 27.1. The van der Waals surface area contributed by atoms with Gasteiger partial charge in [0.1, 0.15) is 0 Å². The van der Waals surface area contributed by atoms with Crippen LogP contribution >= 0.6 is 0 Å². The number of nitrogens with zero attached hydrogens (tertiary/aromatic N) is 2. The number of alkyl halides is 3. The van der Waals surface area contributed by atoms with E-state index in [-0.39, 0.29) is 43.3 Å². The van der Waals surface area contributed by atoms with Crippen LogP contribution in [0.15, 0.2) is 63.2 Å². The topological polar surface area (TPSA) is 104 Å². The van der Waals surface area contributed by atoms with Crippen LogP contribution in [0.4, 0.5) is 13.2 Å². The van der Waals surface area contributed by atoms with Gasteiger partial charge in [-0.05, 0) is 57.3 Å². The lowest BCUT2D eigenvalue weighted by Gasteiger charge is -2.33. The van der Waals surface area contributed by atoms with Crippen molar-refractivity contribution >= 4 is 25.8 Å². The SMILES string of the molecule is CN(C)CC(=O)N1CCC(NS(=O)(=O)c2cc(S(=O)(=O)c3ccccc3)ccc2C(F)(F)F)CC1. The van der Waals surface area contributed by atoms with E-state index in [4.69, 9.17) is 0 Å². The number of likely N-dealkylation sites (N-methyl/N-ethyl adjacent to an activating group) is 1. The fourth-order valence-corrected chi connectivity index (χ4v) is 6.70. The van der Waals surface area contributed by atoms with Crippen LogP contribution < -0.4 is 4.72 Å². The van der Waals surface area contributed by atoms with Crippen molar-refractivity contribution in [2.75, 3.05) is 33.7 Å². The third-order valence-corrected chi connectivity index (χ3v) is 8.86. The minimum absolute atomic E-state index is 0.130. The van der Waals surface area contributed by atoms with Crippen LogP contribution in [-0.2, 0) is 30.8 Å². The van der Waals surface area contributed by atoms with Gasteiger partial charge in [0, 0.05) is 19.1 Å². The lowest BCUT2D eigenvalue weighted by molar-refractivity contribution is -0.140. The van der Waals surface area contributed by atoms with Crippen LogP contribution in [0.25, 0.3) is 0 Å². The summed E-state index contributed by atoms with van der Waals surface area (Å²) in [7, 11) is -5.51. The van der Waals surface area contributed by atoms with E-state index in [1.165, 1.54) is 24.3 Å². The van der Waals surface area contributed by atoms with Crippen molar-refractivity contribution in [1.82, 2.24) is 14.5 Å². The van der Waals surface area contributed by atoms with Gasteiger partial charge in [0.05, 0.1) is 26.8 Å². The summed E-state index contributed by atoms with van der Waals surface area (Å²) in [6, 6.07) is 8.06. The van der Waals surface area contributed by atoms with Crippen LogP contribution in [0.2, 0.25) is 0 Å². The standard InChI is InChI=1S/C22H26F3N3O5S2/c1-27(2)15-21(29)28-12-10-16(11-13-28)26-35(32,33)20-14-18(8-9-19(20)22(23,24)25)34(30,31)17-6-4-3-5-7-17/h3-9,14,16,26H,10-13,15H2,1-2H3. The molecule has 0 aromatic heterocycles. The molecule has 0 aliphatic carbocycles. The number of hydrogen-bond acceptors (Lipinski definition) is 6. The van der Waals surface area contributed by atoms with Gasteiger partial charge in [-0.1, -0.05) is 18.2 Å². The summed E-state index contributed by atoms with van der Waals surface area (Å²) >= 11 is 0. The number of nitrogens with one attached hydrogen (secondary N) is 1. The summed E-state index contributed by atoms with van der Waals surface area (Å²) in [4.78, 5) is 13.6. The van der Waals surface area contributed by atoms with E-state index in [0.29, 0.717) is 12.1 Å². The minimum Gasteiger partial charge on any atom is -0.341 e. The van der Waals surface area contributed by atoms with Crippen molar-refractivity contribution in [3.8, 4) is 0 Å². The van der Waals surface area contributed by atoms with Gasteiger partial charge in [-0.25, -0.2) is 21.6 Å². The van der Waals surface area contributed by atoms with E-state index in [0.717, 1.165) is 6.07 Å². The Hall–Kier alpha value is -2.48. The van der Waals surface area contributed by atoms with Crippen molar-refractivity contribution in [2.45, 2.75) is 39.7 Å². The van der Waals surface area contributed by atoms with Crippen molar-refractivity contribution in [1.29, 1.82) is 0 Å². The molecule has 1 fully saturated rings. The lowest BCUT2D eigenvalue weighted by atomic mass is 10.1. The van der Waals surface area contributed by atoms with Gasteiger partial charge in [0.15, 0.2) is 0 Å². The third kappa shape index (κ3) is 6.40. The molecule has 35 heavy (non-hydrogen) atoms. The van der Waals surface area contributed by atoms with E-state index in [9.17, 15) is 34.8 Å². The van der Waals surface area contributed by atoms with Gasteiger partial charge in [-0.2, -0.15) is 13.2 Å². The Labute approximate surface area is 202 Å². The number of hydrogen-bond donors (Lipinski definition) is 1. The highest BCUT2D eigenvalue weighted by Crippen LogP contribution is 2.36. The molecule has 0 spiro atoms. The van der Waals surface area contributed by atoms with Gasteiger partial charge < -0.3 is 9.80 Å². The maximum Gasteiger partial charge on any atom is 0.417 e. The fourth-order valence-electron chi connectivity index (χ4n) is 3.76. The van der Waals surface area contributed by atoms with Crippen LogP contribution in [0.1, 0.15) is 18.4 Å². The first-order chi connectivity index (χ1) is 16.2. The Balaban J connectivity index is 1.89. The molecule has 8 nitrogen and oxygen atoms in total. The Bertz CT molecular complexity index is 1270. The van der Waals surface area contributed by atoms with E-state index in [2.05, 4.69) is 4.72 Å². The van der Waals surface area contributed by atoms with Crippen molar-refractivity contribution < 1.29 is 34.8 Å². The average molecular weight is 534 g/mol. The number of rotatable bonds is 7. The second-order valence-corrected chi connectivity index (χ2v) is 12.1. The number of amides is 1. The maximum absolute atomic E-state index is 13.7.